The number of nitrogens with zero attached hydrogens (tertiary/aromatic N) is 1. The van der Waals surface area contributed by atoms with Gasteiger partial charge in [0, 0.05) is 46.3 Å². The van der Waals surface area contributed by atoms with Gasteiger partial charge in [0.25, 0.3) is 0 Å². The van der Waals surface area contributed by atoms with Gasteiger partial charge in [-0.25, -0.2) is 9.18 Å². The van der Waals surface area contributed by atoms with E-state index in [4.69, 9.17) is 9.47 Å². The van der Waals surface area contributed by atoms with Crippen molar-refractivity contribution < 1.29 is 23.5 Å². The van der Waals surface area contributed by atoms with Crippen molar-refractivity contribution in [3.05, 3.63) is 60.2 Å². The number of ether oxygens (including phenoxy) is 2. The van der Waals surface area contributed by atoms with Gasteiger partial charge in [-0.15, -0.1) is 0 Å². The van der Waals surface area contributed by atoms with Gasteiger partial charge in [0.05, 0.1) is 18.2 Å². The highest BCUT2D eigenvalue weighted by molar-refractivity contribution is 7.17. The average molecular weight is 525 g/mol. The molecule has 1 aromatic carbocycles. The predicted octanol–water partition coefficient (Wildman–Crippen LogP) is 4.49. The number of allylic oxidation sites excluding steroid dienone is 1. The molecule has 1 aliphatic heterocycles. The van der Waals surface area contributed by atoms with E-state index in [-0.39, 0.29) is 47.8 Å². The molecule has 2 aliphatic carbocycles. The second-order valence-electron chi connectivity index (χ2n) is 10.5. The standard InChI is InChI=1S/C29H33FN2O4.B3/c1-3-35-29(34)32-23-10-11-24-20(14-23)15-26-27(17(2)36-28(26)33)25(24)12-9-22-8-7-19(16-31-22)18-5-4-6-21(30)13-18;1-3-2/h4-9,12-13,16-17,20,23-27H,3,10-11,14-15H2,1-2H3,(H,32,34);/b12-9+;/t17-,20+,23-,24-,25+,26-,27+;/m1./s1. The first kappa shape index (κ1) is 29.0. The number of hydrogen-bond donors (Lipinski definition) is 1. The molecule has 2 aromatic rings. The summed E-state index contributed by atoms with van der Waals surface area (Å²) in [6, 6.07) is 10.4. The van der Waals surface area contributed by atoms with E-state index in [1.54, 1.807) is 19.2 Å². The molecule has 7 atom stereocenters. The Morgan fingerprint density at radius 3 is 2.72 bits per heavy atom. The van der Waals surface area contributed by atoms with Crippen LogP contribution in [0.4, 0.5) is 9.18 Å². The van der Waals surface area contributed by atoms with Crippen molar-refractivity contribution in [3.8, 4) is 11.1 Å². The first-order valence-corrected chi connectivity index (χ1v) is 13.6. The van der Waals surface area contributed by atoms with Gasteiger partial charge >= 0.3 is 12.1 Å². The first-order valence-electron chi connectivity index (χ1n) is 13.6. The summed E-state index contributed by atoms with van der Waals surface area (Å²) in [5, 5.41) is 3.00. The lowest BCUT2D eigenvalue weighted by Gasteiger charge is -2.47. The molecule has 3 aliphatic rings. The molecule has 3 fully saturated rings. The minimum Gasteiger partial charge on any atom is -0.462 e. The smallest absolute Gasteiger partial charge is 0.407 e. The third-order valence-corrected chi connectivity index (χ3v) is 8.18. The number of benzene rings is 1. The van der Waals surface area contributed by atoms with Crippen LogP contribution in [0, 0.1) is 35.4 Å². The second kappa shape index (κ2) is 13.4. The molecule has 5 rings (SSSR count). The van der Waals surface area contributed by atoms with Gasteiger partial charge in [-0.2, -0.15) is 0 Å². The molecule has 0 spiro atoms. The number of cyclic esters (lactones) is 1. The molecule has 1 amide bonds. The van der Waals surface area contributed by atoms with Crippen molar-refractivity contribution in [3.63, 3.8) is 0 Å². The highest BCUT2D eigenvalue weighted by atomic mass is 19.1. The molecule has 2 heterocycles. The molecule has 2 saturated carbocycles. The maximum absolute atomic E-state index is 13.6. The number of fused-ring (bicyclic) bond motifs is 2. The van der Waals surface area contributed by atoms with Gasteiger partial charge in [-0.05, 0) is 87.1 Å². The minimum absolute atomic E-state index is 0.0679. The molecule has 1 aromatic heterocycles. The first-order chi connectivity index (χ1) is 18.8. The highest BCUT2D eigenvalue weighted by Gasteiger charge is 2.54. The van der Waals surface area contributed by atoms with Crippen molar-refractivity contribution in [2.75, 3.05) is 6.61 Å². The summed E-state index contributed by atoms with van der Waals surface area (Å²) in [6.45, 7) is 4.15. The Bertz CT molecular complexity index is 1170. The van der Waals surface area contributed by atoms with Crippen LogP contribution in [0.25, 0.3) is 17.2 Å². The van der Waals surface area contributed by atoms with Crippen LogP contribution in [-0.4, -0.2) is 58.3 Å². The fourth-order valence-electron chi connectivity index (χ4n) is 6.64. The lowest BCUT2D eigenvalue weighted by Crippen LogP contribution is -2.48. The number of esters is 1. The van der Waals surface area contributed by atoms with Gasteiger partial charge in [-0.1, -0.05) is 24.3 Å². The quantitative estimate of drug-likeness (QED) is 0.461. The zero-order valence-electron chi connectivity index (χ0n) is 22.5. The molecule has 6 nitrogen and oxygen atoms in total. The van der Waals surface area contributed by atoms with Crippen molar-refractivity contribution in [1.82, 2.24) is 10.3 Å². The second-order valence-corrected chi connectivity index (χ2v) is 10.5. The Morgan fingerprint density at radius 1 is 1.23 bits per heavy atom. The summed E-state index contributed by atoms with van der Waals surface area (Å²) in [7, 11) is 10.0. The van der Waals surface area contributed by atoms with Crippen molar-refractivity contribution >= 4 is 40.7 Å². The number of aromatic nitrogens is 1. The predicted molar refractivity (Wildman–Crippen MR) is 151 cm³/mol. The van der Waals surface area contributed by atoms with E-state index in [2.05, 4.69) is 31.9 Å². The molecule has 199 valence electrons. The van der Waals surface area contributed by atoms with E-state index < -0.39 is 0 Å². The van der Waals surface area contributed by atoms with Gasteiger partial charge in [0.15, 0.2) is 0 Å². The molecule has 10 heteroatoms. The maximum Gasteiger partial charge on any atom is 0.407 e. The van der Waals surface area contributed by atoms with Gasteiger partial charge in [0.1, 0.15) is 11.9 Å². The van der Waals surface area contributed by atoms with Crippen LogP contribution in [0.1, 0.15) is 45.2 Å². The van der Waals surface area contributed by atoms with Gasteiger partial charge < -0.3 is 14.8 Å². The Morgan fingerprint density at radius 2 is 2.03 bits per heavy atom. The Hall–Kier alpha value is -3.03. The van der Waals surface area contributed by atoms with E-state index in [0.717, 1.165) is 49.6 Å². The third-order valence-electron chi connectivity index (χ3n) is 8.18. The minimum atomic E-state index is -0.368. The summed E-state index contributed by atoms with van der Waals surface area (Å²) in [5.41, 5.74) is 2.48. The molecular formula is C29H33B3FN2O4. The topological polar surface area (TPSA) is 77.5 Å². The van der Waals surface area contributed by atoms with Crippen LogP contribution < -0.4 is 5.32 Å². The van der Waals surface area contributed by atoms with E-state index in [0.29, 0.717) is 18.4 Å². The van der Waals surface area contributed by atoms with Crippen LogP contribution in [-0.2, 0) is 14.3 Å². The summed E-state index contributed by atoms with van der Waals surface area (Å²) in [4.78, 5) is 29.2. The number of carbonyl (C=O) groups is 2. The van der Waals surface area contributed by atoms with Crippen molar-refractivity contribution in [2.24, 2.45) is 29.6 Å². The summed E-state index contributed by atoms with van der Waals surface area (Å²) in [5.74, 6) is 0.629. The molecule has 1 saturated heterocycles. The number of rotatable bonds is 5. The summed E-state index contributed by atoms with van der Waals surface area (Å²) in [6.07, 6.45) is 9.07. The Labute approximate surface area is 233 Å². The van der Waals surface area contributed by atoms with Crippen LogP contribution in [0.3, 0.4) is 0 Å². The number of halogens is 1. The van der Waals surface area contributed by atoms with E-state index >= 15 is 0 Å². The molecular weight excluding hydrogens is 492 g/mol. The summed E-state index contributed by atoms with van der Waals surface area (Å²) >= 11 is 0. The Kier molecular flexibility index (Phi) is 9.92. The number of nitrogens with one attached hydrogen (secondary N) is 1. The number of pyridine rings is 1. The number of amides is 1. The van der Waals surface area contributed by atoms with Crippen LogP contribution in [0.5, 0.6) is 0 Å². The molecule has 5 radical (unpaired) electrons. The lowest BCUT2D eigenvalue weighted by molar-refractivity contribution is -0.144. The lowest BCUT2D eigenvalue weighted by atomic mass is 9.40. The number of hydrogen-bond acceptors (Lipinski definition) is 5. The van der Waals surface area contributed by atoms with E-state index in [1.165, 1.54) is 12.1 Å². The zero-order chi connectivity index (χ0) is 27.9. The van der Waals surface area contributed by atoms with E-state index in [1.807, 2.05) is 31.2 Å². The summed E-state index contributed by atoms with van der Waals surface area (Å²) < 4.78 is 24.3. The number of alkyl carbamates (subject to hydrolysis) is 1. The number of carbonyl (C=O) groups excluding carboxylic acids is 2. The van der Waals surface area contributed by atoms with E-state index in [9.17, 15) is 14.0 Å². The van der Waals surface area contributed by atoms with Crippen LogP contribution >= 0.6 is 0 Å². The average Bonchev–Trinajstić information content (AvgIpc) is 3.20. The molecule has 1 N–H and O–H groups in total. The Balaban J connectivity index is 0.00000112. The normalized spacial score (nSPS) is 29.3. The maximum atomic E-state index is 13.6. The van der Waals surface area contributed by atoms with Crippen molar-refractivity contribution in [2.45, 2.75) is 51.7 Å². The highest BCUT2D eigenvalue weighted by Crippen LogP contribution is 2.53. The molecule has 0 bridgehead atoms. The van der Waals surface area contributed by atoms with Gasteiger partial charge in [0.2, 0.25) is 0 Å². The molecule has 0 unspecified atom stereocenters. The third kappa shape index (κ3) is 6.95. The fraction of sp³-hybridized carbons (Fsp3) is 0.483. The van der Waals surface area contributed by atoms with Crippen molar-refractivity contribution in [1.29, 1.82) is 0 Å². The molecule has 39 heavy (non-hydrogen) atoms. The zero-order valence-corrected chi connectivity index (χ0v) is 22.5. The fourth-order valence-corrected chi connectivity index (χ4v) is 6.64. The largest absolute Gasteiger partial charge is 0.462 e. The van der Waals surface area contributed by atoms with Crippen LogP contribution in [0.2, 0.25) is 0 Å². The van der Waals surface area contributed by atoms with Gasteiger partial charge in [-0.3, -0.25) is 9.78 Å². The van der Waals surface area contributed by atoms with Crippen LogP contribution in [0.15, 0.2) is 48.7 Å². The monoisotopic (exact) mass is 525 g/mol. The SMILES string of the molecule is CCOC(=O)N[C@@H]1CC[C@@H]2[C@@H](C1)C[C@H]1C(=O)O[C@H](C)[C@H]1[C@H]2/C=C/c1ccc(-c2cccc(F)c2)cn1.[B][B][B].